The van der Waals surface area contributed by atoms with E-state index in [4.69, 9.17) is 4.74 Å². The minimum atomic E-state index is -0.265. The van der Waals surface area contributed by atoms with Gasteiger partial charge in [0.25, 0.3) is 0 Å². The lowest BCUT2D eigenvalue weighted by atomic mass is 10.1. The normalized spacial score (nSPS) is 12.0. The molecule has 112 valence electrons. The standard InChI is InChI=1S/C17H19BrFNO/c1-3-10-21-15-7-4-13(5-8-15)12(2)20-17-9-6-14(18)11-16(17)19/h4-9,11-12,20H,3,10H2,1-2H3. The van der Waals surface area contributed by atoms with Gasteiger partial charge >= 0.3 is 0 Å². The van der Waals surface area contributed by atoms with E-state index in [1.165, 1.54) is 6.07 Å². The van der Waals surface area contributed by atoms with Crippen molar-refractivity contribution in [1.29, 1.82) is 0 Å². The van der Waals surface area contributed by atoms with Crippen LogP contribution in [0.25, 0.3) is 0 Å². The number of benzene rings is 2. The molecule has 0 aromatic heterocycles. The Hall–Kier alpha value is -1.55. The van der Waals surface area contributed by atoms with Gasteiger partial charge in [-0.3, -0.25) is 0 Å². The Morgan fingerprint density at radius 2 is 1.90 bits per heavy atom. The summed E-state index contributed by atoms with van der Waals surface area (Å²) in [6.45, 7) is 4.80. The Morgan fingerprint density at radius 1 is 1.19 bits per heavy atom. The van der Waals surface area contributed by atoms with Crippen LogP contribution in [0.3, 0.4) is 0 Å². The quantitative estimate of drug-likeness (QED) is 0.736. The molecule has 0 aliphatic heterocycles. The molecule has 0 amide bonds. The second-order valence-electron chi connectivity index (χ2n) is 4.91. The summed E-state index contributed by atoms with van der Waals surface area (Å²) in [6.07, 6.45) is 0.989. The third-order valence-corrected chi connectivity index (χ3v) is 3.65. The fraction of sp³-hybridized carbons (Fsp3) is 0.294. The lowest BCUT2D eigenvalue weighted by molar-refractivity contribution is 0.317. The van der Waals surface area contributed by atoms with Crippen molar-refractivity contribution in [2.75, 3.05) is 11.9 Å². The van der Waals surface area contributed by atoms with Crippen LogP contribution in [0.2, 0.25) is 0 Å². The van der Waals surface area contributed by atoms with Crippen molar-refractivity contribution in [1.82, 2.24) is 0 Å². The minimum absolute atomic E-state index is 0.0147. The van der Waals surface area contributed by atoms with Crippen molar-refractivity contribution in [3.63, 3.8) is 0 Å². The smallest absolute Gasteiger partial charge is 0.147 e. The molecular formula is C17H19BrFNO. The van der Waals surface area contributed by atoms with Crippen LogP contribution in [0.4, 0.5) is 10.1 Å². The first-order valence-corrected chi connectivity index (χ1v) is 7.83. The zero-order valence-electron chi connectivity index (χ0n) is 12.2. The van der Waals surface area contributed by atoms with Crippen LogP contribution in [-0.2, 0) is 0 Å². The molecule has 1 unspecified atom stereocenters. The van der Waals surface area contributed by atoms with Gasteiger partial charge in [0, 0.05) is 10.5 Å². The molecule has 0 spiro atoms. The molecule has 1 atom stereocenters. The summed E-state index contributed by atoms with van der Waals surface area (Å²) < 4.78 is 20.1. The molecule has 0 aliphatic carbocycles. The number of ether oxygens (including phenoxy) is 1. The summed E-state index contributed by atoms with van der Waals surface area (Å²) in [5.74, 6) is 0.599. The summed E-state index contributed by atoms with van der Waals surface area (Å²) in [7, 11) is 0. The Balaban J connectivity index is 2.04. The predicted molar refractivity (Wildman–Crippen MR) is 88.4 cm³/mol. The summed E-state index contributed by atoms with van der Waals surface area (Å²) in [5.41, 5.74) is 1.58. The molecule has 21 heavy (non-hydrogen) atoms. The van der Waals surface area contributed by atoms with Gasteiger partial charge in [-0.15, -0.1) is 0 Å². The molecule has 2 aromatic carbocycles. The average molecular weight is 352 g/mol. The van der Waals surface area contributed by atoms with E-state index in [1.807, 2.05) is 37.3 Å². The Morgan fingerprint density at radius 3 is 2.52 bits per heavy atom. The zero-order chi connectivity index (χ0) is 15.2. The molecule has 0 radical (unpaired) electrons. The third kappa shape index (κ3) is 4.46. The van der Waals surface area contributed by atoms with Crippen LogP contribution in [0.1, 0.15) is 31.9 Å². The highest BCUT2D eigenvalue weighted by molar-refractivity contribution is 9.10. The number of hydrogen-bond acceptors (Lipinski definition) is 2. The van der Waals surface area contributed by atoms with Gasteiger partial charge in [0.05, 0.1) is 12.3 Å². The van der Waals surface area contributed by atoms with E-state index in [2.05, 4.69) is 28.2 Å². The molecular weight excluding hydrogens is 333 g/mol. The van der Waals surface area contributed by atoms with Crippen LogP contribution in [-0.4, -0.2) is 6.61 Å². The minimum Gasteiger partial charge on any atom is -0.494 e. The molecule has 2 nitrogen and oxygen atoms in total. The Bertz CT molecular complexity index is 586. The van der Waals surface area contributed by atoms with E-state index in [0.29, 0.717) is 5.69 Å². The molecule has 0 saturated heterocycles. The average Bonchev–Trinajstić information content (AvgIpc) is 2.48. The molecule has 2 rings (SSSR count). The second-order valence-corrected chi connectivity index (χ2v) is 5.82. The van der Waals surface area contributed by atoms with E-state index in [0.717, 1.165) is 28.8 Å². The first-order chi connectivity index (χ1) is 10.1. The lowest BCUT2D eigenvalue weighted by Gasteiger charge is -2.17. The summed E-state index contributed by atoms with van der Waals surface area (Å²) in [6, 6.07) is 12.9. The molecule has 2 aromatic rings. The van der Waals surface area contributed by atoms with Gasteiger partial charge in [0.1, 0.15) is 11.6 Å². The summed E-state index contributed by atoms with van der Waals surface area (Å²) >= 11 is 3.25. The molecule has 0 heterocycles. The van der Waals surface area contributed by atoms with E-state index in [-0.39, 0.29) is 11.9 Å². The fourth-order valence-electron chi connectivity index (χ4n) is 2.00. The highest BCUT2D eigenvalue weighted by atomic mass is 79.9. The largest absolute Gasteiger partial charge is 0.494 e. The maximum atomic E-state index is 13.8. The first-order valence-electron chi connectivity index (χ1n) is 7.04. The molecule has 4 heteroatoms. The van der Waals surface area contributed by atoms with Crippen molar-refractivity contribution >= 4 is 21.6 Å². The predicted octanol–water partition coefficient (Wildman–Crippen LogP) is 5.55. The molecule has 0 aliphatic rings. The Kier molecular flexibility index (Phi) is 5.62. The SMILES string of the molecule is CCCOc1ccc(C(C)Nc2ccc(Br)cc2F)cc1. The maximum Gasteiger partial charge on any atom is 0.147 e. The van der Waals surface area contributed by atoms with Gasteiger partial charge < -0.3 is 10.1 Å². The van der Waals surface area contributed by atoms with Crippen LogP contribution in [0.15, 0.2) is 46.9 Å². The lowest BCUT2D eigenvalue weighted by Crippen LogP contribution is -2.08. The van der Waals surface area contributed by atoms with Crippen molar-refractivity contribution in [3.8, 4) is 5.75 Å². The molecule has 0 fully saturated rings. The monoisotopic (exact) mass is 351 g/mol. The second kappa shape index (κ2) is 7.46. The van der Waals surface area contributed by atoms with E-state index < -0.39 is 0 Å². The molecule has 0 bridgehead atoms. The highest BCUT2D eigenvalue weighted by Gasteiger charge is 2.09. The summed E-state index contributed by atoms with van der Waals surface area (Å²) in [5, 5.41) is 3.18. The fourth-order valence-corrected chi connectivity index (χ4v) is 2.33. The van der Waals surface area contributed by atoms with Crippen LogP contribution in [0, 0.1) is 5.82 Å². The Labute approximate surface area is 133 Å². The number of nitrogens with one attached hydrogen (secondary N) is 1. The maximum absolute atomic E-state index is 13.8. The van der Waals surface area contributed by atoms with Crippen LogP contribution in [0.5, 0.6) is 5.75 Å². The van der Waals surface area contributed by atoms with Gasteiger partial charge in [0.2, 0.25) is 0 Å². The van der Waals surface area contributed by atoms with Gasteiger partial charge in [0.15, 0.2) is 0 Å². The van der Waals surface area contributed by atoms with E-state index >= 15 is 0 Å². The van der Waals surface area contributed by atoms with E-state index in [9.17, 15) is 4.39 Å². The van der Waals surface area contributed by atoms with Crippen molar-refractivity contribution < 1.29 is 9.13 Å². The molecule has 0 saturated carbocycles. The third-order valence-electron chi connectivity index (χ3n) is 3.16. The van der Waals surface area contributed by atoms with Crippen LogP contribution < -0.4 is 10.1 Å². The number of anilines is 1. The van der Waals surface area contributed by atoms with Crippen molar-refractivity contribution in [3.05, 3.63) is 58.3 Å². The van der Waals surface area contributed by atoms with Crippen LogP contribution >= 0.6 is 15.9 Å². The van der Waals surface area contributed by atoms with Gasteiger partial charge in [-0.1, -0.05) is 35.0 Å². The number of rotatable bonds is 6. The van der Waals surface area contributed by atoms with Gasteiger partial charge in [-0.05, 0) is 49.2 Å². The number of hydrogen-bond donors (Lipinski definition) is 1. The van der Waals surface area contributed by atoms with Gasteiger partial charge in [-0.25, -0.2) is 4.39 Å². The topological polar surface area (TPSA) is 21.3 Å². The summed E-state index contributed by atoms with van der Waals surface area (Å²) in [4.78, 5) is 0. The van der Waals surface area contributed by atoms with Crippen molar-refractivity contribution in [2.24, 2.45) is 0 Å². The van der Waals surface area contributed by atoms with Gasteiger partial charge in [-0.2, -0.15) is 0 Å². The molecule has 1 N–H and O–H groups in total. The van der Waals surface area contributed by atoms with Crippen molar-refractivity contribution in [2.45, 2.75) is 26.3 Å². The zero-order valence-corrected chi connectivity index (χ0v) is 13.8. The number of halogens is 2. The first kappa shape index (κ1) is 15.8. The highest BCUT2D eigenvalue weighted by Crippen LogP contribution is 2.25. The van der Waals surface area contributed by atoms with E-state index in [1.54, 1.807) is 6.07 Å².